The van der Waals surface area contributed by atoms with Gasteiger partial charge in [-0.3, -0.25) is 0 Å². The van der Waals surface area contributed by atoms with E-state index in [0.717, 1.165) is 30.0 Å². The molecule has 0 amide bonds. The lowest BCUT2D eigenvalue weighted by atomic mass is 9.99. The van der Waals surface area contributed by atoms with Crippen LogP contribution in [0, 0.1) is 0 Å². The topological polar surface area (TPSA) is 35.2 Å². The Bertz CT molecular complexity index is 401. The van der Waals surface area contributed by atoms with Crippen molar-refractivity contribution in [1.29, 1.82) is 0 Å². The van der Waals surface area contributed by atoms with Crippen molar-refractivity contribution in [2.75, 3.05) is 6.54 Å². The maximum absolute atomic E-state index is 6.11. The van der Waals surface area contributed by atoms with E-state index in [0.29, 0.717) is 6.54 Å². The first-order valence-electron chi connectivity index (χ1n) is 5.72. The normalized spacial score (nSPS) is 17.0. The molecule has 16 heavy (non-hydrogen) atoms. The highest BCUT2D eigenvalue weighted by Gasteiger charge is 2.31. The second-order valence-corrected chi connectivity index (χ2v) is 5.42. The fraction of sp³-hybridized carbons (Fsp3) is 0.538. The summed E-state index contributed by atoms with van der Waals surface area (Å²) in [4.78, 5) is 0. The second-order valence-electron chi connectivity index (χ2n) is 4.98. The minimum absolute atomic E-state index is 0.107. The third-order valence-corrected chi connectivity index (χ3v) is 3.07. The molecule has 1 aliphatic heterocycles. The summed E-state index contributed by atoms with van der Waals surface area (Å²) < 4.78 is 5.98. The largest absolute Gasteiger partial charge is 0.487 e. The molecule has 2 nitrogen and oxygen atoms in total. The van der Waals surface area contributed by atoms with Crippen LogP contribution in [0.3, 0.4) is 0 Å². The summed E-state index contributed by atoms with van der Waals surface area (Å²) in [6.45, 7) is 4.91. The van der Waals surface area contributed by atoms with E-state index in [1.165, 1.54) is 11.1 Å². The number of fused-ring (bicyclic) bond motifs is 1. The Balaban J connectivity index is 2.33. The molecule has 0 saturated heterocycles. The zero-order valence-electron chi connectivity index (χ0n) is 9.85. The second kappa shape index (κ2) is 4.27. The van der Waals surface area contributed by atoms with E-state index in [9.17, 15) is 0 Å². The van der Waals surface area contributed by atoms with Crippen LogP contribution >= 0.6 is 11.6 Å². The van der Waals surface area contributed by atoms with E-state index in [1.807, 2.05) is 12.1 Å². The van der Waals surface area contributed by atoms with Gasteiger partial charge in [-0.25, -0.2) is 0 Å². The summed E-state index contributed by atoms with van der Waals surface area (Å²) in [7, 11) is 0. The molecule has 0 unspecified atom stereocenters. The quantitative estimate of drug-likeness (QED) is 0.880. The van der Waals surface area contributed by atoms with Gasteiger partial charge in [0.25, 0.3) is 0 Å². The van der Waals surface area contributed by atoms with Gasteiger partial charge in [0.2, 0.25) is 0 Å². The molecule has 0 bridgehead atoms. The molecule has 1 aromatic carbocycles. The zero-order valence-corrected chi connectivity index (χ0v) is 10.6. The highest BCUT2D eigenvalue weighted by molar-refractivity contribution is 6.30. The van der Waals surface area contributed by atoms with Crippen LogP contribution < -0.4 is 10.5 Å². The number of aryl methyl sites for hydroxylation is 1. The number of hydrogen-bond donors (Lipinski definition) is 1. The Hall–Kier alpha value is -0.730. The third kappa shape index (κ3) is 2.33. The van der Waals surface area contributed by atoms with E-state index in [2.05, 4.69) is 13.8 Å². The van der Waals surface area contributed by atoms with Gasteiger partial charge in [-0.05, 0) is 56.5 Å². The standard InChI is InChI=1S/C13H18ClNO/c1-13(2)8-10-7-11(14)6-9(4-3-5-15)12(10)16-13/h6-7H,3-5,8,15H2,1-2H3. The van der Waals surface area contributed by atoms with E-state index >= 15 is 0 Å². The maximum atomic E-state index is 6.11. The van der Waals surface area contributed by atoms with Crippen molar-refractivity contribution in [3.8, 4) is 5.75 Å². The highest BCUT2D eigenvalue weighted by Crippen LogP contribution is 2.39. The fourth-order valence-corrected chi connectivity index (χ4v) is 2.49. The van der Waals surface area contributed by atoms with Crippen LogP contribution in [0.2, 0.25) is 5.02 Å². The summed E-state index contributed by atoms with van der Waals surface area (Å²) in [5, 5.41) is 0.798. The molecule has 2 rings (SSSR count). The van der Waals surface area contributed by atoms with Crippen molar-refractivity contribution in [1.82, 2.24) is 0 Å². The Kier molecular flexibility index (Phi) is 3.13. The van der Waals surface area contributed by atoms with Gasteiger partial charge in [-0.2, -0.15) is 0 Å². The predicted octanol–water partition coefficient (Wildman–Crippen LogP) is 2.94. The Morgan fingerprint density at radius 1 is 1.44 bits per heavy atom. The molecule has 3 heteroatoms. The highest BCUT2D eigenvalue weighted by atomic mass is 35.5. The molecule has 0 spiro atoms. The summed E-state index contributed by atoms with van der Waals surface area (Å²) in [6.07, 6.45) is 2.84. The molecule has 2 N–H and O–H groups in total. The van der Waals surface area contributed by atoms with Crippen molar-refractivity contribution in [3.05, 3.63) is 28.3 Å². The molecule has 0 fully saturated rings. The fourth-order valence-electron chi connectivity index (χ4n) is 2.22. The molecular weight excluding hydrogens is 222 g/mol. The number of ether oxygens (including phenoxy) is 1. The average Bonchev–Trinajstić information content (AvgIpc) is 2.48. The van der Waals surface area contributed by atoms with Crippen molar-refractivity contribution in [2.24, 2.45) is 5.73 Å². The van der Waals surface area contributed by atoms with E-state index < -0.39 is 0 Å². The first-order valence-corrected chi connectivity index (χ1v) is 6.10. The van der Waals surface area contributed by atoms with Gasteiger partial charge >= 0.3 is 0 Å². The van der Waals surface area contributed by atoms with Crippen molar-refractivity contribution in [3.63, 3.8) is 0 Å². The van der Waals surface area contributed by atoms with Gasteiger partial charge in [0.1, 0.15) is 11.4 Å². The molecule has 1 aromatic rings. The molecule has 1 aliphatic rings. The zero-order chi connectivity index (χ0) is 11.8. The molecule has 0 aromatic heterocycles. The van der Waals surface area contributed by atoms with Gasteiger partial charge in [0, 0.05) is 11.4 Å². The smallest absolute Gasteiger partial charge is 0.126 e. The number of nitrogens with two attached hydrogens (primary N) is 1. The van der Waals surface area contributed by atoms with Crippen molar-refractivity contribution >= 4 is 11.6 Å². The van der Waals surface area contributed by atoms with Crippen LogP contribution in [0.1, 0.15) is 31.4 Å². The minimum Gasteiger partial charge on any atom is -0.487 e. The van der Waals surface area contributed by atoms with Crippen molar-refractivity contribution in [2.45, 2.75) is 38.7 Å². The Morgan fingerprint density at radius 2 is 2.19 bits per heavy atom. The number of benzene rings is 1. The van der Waals surface area contributed by atoms with Crippen molar-refractivity contribution < 1.29 is 4.74 Å². The maximum Gasteiger partial charge on any atom is 0.126 e. The summed E-state index contributed by atoms with van der Waals surface area (Å²) in [5.74, 6) is 1.03. The summed E-state index contributed by atoms with van der Waals surface area (Å²) in [6, 6.07) is 4.01. The predicted molar refractivity (Wildman–Crippen MR) is 67.2 cm³/mol. The van der Waals surface area contributed by atoms with Crippen LogP contribution in [0.25, 0.3) is 0 Å². The lowest BCUT2D eigenvalue weighted by molar-refractivity contribution is 0.137. The van der Waals surface area contributed by atoms with Gasteiger partial charge in [0.15, 0.2) is 0 Å². The van der Waals surface area contributed by atoms with Crippen LogP contribution in [0.15, 0.2) is 12.1 Å². The van der Waals surface area contributed by atoms with Crippen LogP contribution in [0.5, 0.6) is 5.75 Å². The number of rotatable bonds is 3. The molecule has 0 radical (unpaired) electrons. The molecule has 88 valence electrons. The number of halogens is 1. The molecule has 0 aliphatic carbocycles. The van der Waals surface area contributed by atoms with Gasteiger partial charge in [-0.15, -0.1) is 0 Å². The van der Waals surface area contributed by atoms with Gasteiger partial charge in [-0.1, -0.05) is 11.6 Å². The molecule has 0 saturated carbocycles. The van der Waals surface area contributed by atoms with Crippen LogP contribution in [-0.2, 0) is 12.8 Å². The SMILES string of the molecule is CC1(C)Cc2cc(Cl)cc(CCCN)c2O1. The summed E-state index contributed by atoms with van der Waals surface area (Å²) >= 11 is 6.11. The van der Waals surface area contributed by atoms with Crippen LogP contribution in [-0.4, -0.2) is 12.1 Å². The molecule has 1 heterocycles. The van der Waals surface area contributed by atoms with Gasteiger partial charge < -0.3 is 10.5 Å². The van der Waals surface area contributed by atoms with Gasteiger partial charge in [0.05, 0.1) is 0 Å². The molecule has 0 atom stereocenters. The first kappa shape index (κ1) is 11.7. The lowest BCUT2D eigenvalue weighted by Gasteiger charge is -2.18. The Morgan fingerprint density at radius 3 is 2.88 bits per heavy atom. The average molecular weight is 240 g/mol. The first-order chi connectivity index (χ1) is 7.52. The van der Waals surface area contributed by atoms with E-state index in [4.69, 9.17) is 22.1 Å². The van der Waals surface area contributed by atoms with Crippen LogP contribution in [0.4, 0.5) is 0 Å². The third-order valence-electron chi connectivity index (χ3n) is 2.85. The van der Waals surface area contributed by atoms with E-state index in [-0.39, 0.29) is 5.60 Å². The van der Waals surface area contributed by atoms with E-state index in [1.54, 1.807) is 0 Å². The summed E-state index contributed by atoms with van der Waals surface area (Å²) in [5.41, 5.74) is 7.85. The lowest BCUT2D eigenvalue weighted by Crippen LogP contribution is -2.24. The minimum atomic E-state index is -0.107. The Labute approximate surface area is 102 Å². The monoisotopic (exact) mass is 239 g/mol. The molecular formula is C13H18ClNO. The number of hydrogen-bond acceptors (Lipinski definition) is 2.